The Morgan fingerprint density at radius 1 is 0.850 bits per heavy atom. The average molecular weight is 595 g/mol. The van der Waals surface area contributed by atoms with E-state index in [0.717, 1.165) is 29.5 Å². The molecule has 2 saturated heterocycles. The first-order valence-electron chi connectivity index (χ1n) is 13.5. The molecular formula is C27H38N4O7S2. The number of methoxy groups -OCH3 is 2. The van der Waals surface area contributed by atoms with E-state index in [4.69, 9.17) is 9.47 Å². The highest BCUT2D eigenvalue weighted by molar-refractivity contribution is 8.76. The largest absolute Gasteiger partial charge is 0.507 e. The number of carbonyl (C=O) groups is 4. The molecule has 13 heteroatoms. The van der Waals surface area contributed by atoms with E-state index in [1.54, 1.807) is 0 Å². The SMILES string of the molecule is COC(=O)[C@@H]1CSSC[C@@H](C(=O)OC)NC(=O)[C@@H]2CCCN2Cc2cc(C)cc(c2O)CN2CCC[C@H]2C(=O)N1. The number of aryl methyl sites for hydroxylation is 1. The zero-order valence-electron chi connectivity index (χ0n) is 23.1. The number of hydrogen-bond donors (Lipinski definition) is 3. The van der Waals surface area contributed by atoms with Crippen LogP contribution in [0.15, 0.2) is 12.1 Å². The third-order valence-electron chi connectivity index (χ3n) is 7.65. The van der Waals surface area contributed by atoms with Gasteiger partial charge in [0.15, 0.2) is 0 Å². The van der Waals surface area contributed by atoms with E-state index < -0.39 is 36.1 Å². The molecule has 220 valence electrons. The minimum absolute atomic E-state index is 0.160. The van der Waals surface area contributed by atoms with Gasteiger partial charge in [-0.05, 0) is 45.7 Å². The molecule has 3 aliphatic rings. The van der Waals surface area contributed by atoms with Gasteiger partial charge < -0.3 is 25.2 Å². The van der Waals surface area contributed by atoms with Gasteiger partial charge in [-0.15, -0.1) is 0 Å². The Morgan fingerprint density at radius 3 is 1.68 bits per heavy atom. The molecule has 2 bridgehead atoms. The summed E-state index contributed by atoms with van der Waals surface area (Å²) in [6.45, 7) is 4.12. The fourth-order valence-electron chi connectivity index (χ4n) is 5.63. The molecule has 0 unspecified atom stereocenters. The highest BCUT2D eigenvalue weighted by Crippen LogP contribution is 2.32. The number of nitrogens with zero attached hydrogens (tertiary/aromatic N) is 2. The van der Waals surface area contributed by atoms with Crippen LogP contribution in [-0.2, 0) is 41.7 Å². The molecule has 11 nitrogen and oxygen atoms in total. The summed E-state index contributed by atoms with van der Waals surface area (Å²) in [6.07, 6.45) is 2.94. The molecule has 1 aromatic carbocycles. The molecule has 2 fully saturated rings. The van der Waals surface area contributed by atoms with Crippen molar-refractivity contribution in [1.82, 2.24) is 20.4 Å². The Labute approximate surface area is 242 Å². The molecule has 3 N–H and O–H groups in total. The van der Waals surface area contributed by atoms with E-state index in [2.05, 4.69) is 10.6 Å². The number of phenols is 1. The van der Waals surface area contributed by atoms with Crippen LogP contribution in [-0.4, -0.2) is 102 Å². The lowest BCUT2D eigenvalue weighted by atomic mass is 10.0. The second kappa shape index (κ2) is 13.9. The molecular weight excluding hydrogens is 556 g/mol. The van der Waals surface area contributed by atoms with Gasteiger partial charge in [0.1, 0.15) is 17.8 Å². The standard InChI is InChI=1S/C27H38N4O7S2/c1-16-10-17-12-30-8-4-6-21(30)24(33)28-19(26(35)37-2)14-39-40-15-20(27(36)38-3)29-25(34)22-7-5-9-31(22)13-18(11-16)23(17)32/h10-11,19-22,32H,4-9,12-15H2,1-3H3,(H,28,33)(H,29,34)/t19-,20-,21-,22-/m0/s1. The maximum Gasteiger partial charge on any atom is 0.329 e. The number of ether oxygens (including phenoxy) is 2. The second-order valence-electron chi connectivity index (χ2n) is 10.4. The Morgan fingerprint density at radius 2 is 1.27 bits per heavy atom. The number of rotatable bonds is 2. The topological polar surface area (TPSA) is 138 Å². The Bertz CT molecular complexity index is 1040. The predicted molar refractivity (Wildman–Crippen MR) is 153 cm³/mol. The number of fused-ring (bicyclic) bond motifs is 4. The van der Waals surface area contributed by atoms with Crippen LogP contribution >= 0.6 is 21.6 Å². The lowest BCUT2D eigenvalue weighted by molar-refractivity contribution is -0.145. The van der Waals surface area contributed by atoms with E-state index >= 15 is 0 Å². The summed E-state index contributed by atoms with van der Waals surface area (Å²) in [5.74, 6) is -1.04. The maximum absolute atomic E-state index is 13.3. The fourth-order valence-corrected chi connectivity index (χ4v) is 7.92. The van der Waals surface area contributed by atoms with Crippen molar-refractivity contribution in [3.63, 3.8) is 0 Å². The summed E-state index contributed by atoms with van der Waals surface area (Å²) in [6, 6.07) is 1.21. The number of hydrogen-bond acceptors (Lipinski definition) is 11. The lowest BCUT2D eigenvalue weighted by Gasteiger charge is -2.27. The summed E-state index contributed by atoms with van der Waals surface area (Å²) in [7, 11) is 5.16. The smallest absolute Gasteiger partial charge is 0.329 e. The van der Waals surface area contributed by atoms with E-state index in [1.807, 2.05) is 28.9 Å². The van der Waals surface area contributed by atoms with Gasteiger partial charge in [0.25, 0.3) is 0 Å². The van der Waals surface area contributed by atoms with Crippen LogP contribution in [0.2, 0.25) is 0 Å². The fraction of sp³-hybridized carbons (Fsp3) is 0.630. The molecule has 2 amide bonds. The summed E-state index contributed by atoms with van der Waals surface area (Å²) in [5.41, 5.74) is 2.41. The zero-order chi connectivity index (χ0) is 28.8. The van der Waals surface area contributed by atoms with Crippen molar-refractivity contribution < 1.29 is 33.8 Å². The Hall–Kier alpha value is -2.48. The zero-order valence-corrected chi connectivity index (χ0v) is 24.8. The van der Waals surface area contributed by atoms with Crippen LogP contribution in [0, 0.1) is 6.92 Å². The van der Waals surface area contributed by atoms with Gasteiger partial charge in [-0.1, -0.05) is 39.3 Å². The lowest BCUT2D eigenvalue weighted by Crippen LogP contribution is -2.50. The van der Waals surface area contributed by atoms with Crippen LogP contribution in [0.4, 0.5) is 0 Å². The molecule has 4 rings (SSSR count). The third kappa shape index (κ3) is 7.23. The molecule has 3 heterocycles. The first-order chi connectivity index (χ1) is 19.2. The number of carbonyl (C=O) groups excluding carboxylic acids is 4. The molecule has 3 aliphatic heterocycles. The number of nitrogens with one attached hydrogen (secondary N) is 2. The number of amides is 2. The van der Waals surface area contributed by atoms with Crippen LogP contribution in [0.5, 0.6) is 5.75 Å². The summed E-state index contributed by atoms with van der Waals surface area (Å²) in [5, 5.41) is 17.0. The van der Waals surface area contributed by atoms with Crippen LogP contribution in [0.3, 0.4) is 0 Å². The van der Waals surface area contributed by atoms with Gasteiger partial charge in [0.2, 0.25) is 11.8 Å². The van der Waals surface area contributed by atoms with Crippen LogP contribution < -0.4 is 10.6 Å². The molecule has 0 aromatic heterocycles. The Balaban J connectivity index is 1.65. The second-order valence-corrected chi connectivity index (χ2v) is 13.0. The monoisotopic (exact) mass is 594 g/mol. The van der Waals surface area contributed by atoms with Gasteiger partial charge in [-0.25, -0.2) is 9.59 Å². The summed E-state index contributed by atoms with van der Waals surface area (Å²) < 4.78 is 9.86. The van der Waals surface area contributed by atoms with E-state index in [0.29, 0.717) is 39.0 Å². The van der Waals surface area contributed by atoms with Crippen molar-refractivity contribution in [3.8, 4) is 5.75 Å². The number of benzene rings is 1. The minimum Gasteiger partial charge on any atom is -0.507 e. The molecule has 0 saturated carbocycles. The number of esters is 2. The van der Waals surface area contributed by atoms with Gasteiger partial charge in [-0.3, -0.25) is 19.4 Å². The Kier molecular flexibility index (Phi) is 10.6. The highest BCUT2D eigenvalue weighted by atomic mass is 33.1. The van der Waals surface area contributed by atoms with E-state index in [-0.39, 0.29) is 29.1 Å². The van der Waals surface area contributed by atoms with Crippen molar-refractivity contribution in [2.75, 3.05) is 38.8 Å². The van der Waals surface area contributed by atoms with E-state index in [1.165, 1.54) is 35.8 Å². The first kappa shape index (κ1) is 30.5. The molecule has 1 aromatic rings. The molecule has 0 spiro atoms. The maximum atomic E-state index is 13.3. The third-order valence-corrected chi connectivity index (χ3v) is 10.1. The van der Waals surface area contributed by atoms with Crippen molar-refractivity contribution in [3.05, 3.63) is 28.8 Å². The van der Waals surface area contributed by atoms with Crippen molar-refractivity contribution in [2.45, 2.75) is 69.9 Å². The first-order valence-corrected chi connectivity index (χ1v) is 16.0. The number of phenolic OH excluding ortho intramolecular Hbond substituents is 1. The van der Waals surface area contributed by atoms with Gasteiger partial charge in [0, 0.05) is 35.7 Å². The van der Waals surface area contributed by atoms with Crippen molar-refractivity contribution in [2.24, 2.45) is 0 Å². The minimum atomic E-state index is -0.878. The normalized spacial score (nSPS) is 27.3. The van der Waals surface area contributed by atoms with Crippen molar-refractivity contribution in [1.29, 1.82) is 0 Å². The molecule has 0 aliphatic carbocycles. The average Bonchev–Trinajstić information content (AvgIpc) is 3.60. The number of aromatic hydroxyl groups is 1. The predicted octanol–water partition coefficient (Wildman–Crippen LogP) is 1.34. The molecule has 0 radical (unpaired) electrons. The van der Waals surface area contributed by atoms with Crippen LogP contribution in [0.25, 0.3) is 0 Å². The summed E-state index contributed by atoms with van der Waals surface area (Å²) >= 11 is 0. The van der Waals surface area contributed by atoms with Gasteiger partial charge in [0.05, 0.1) is 26.3 Å². The highest BCUT2D eigenvalue weighted by Gasteiger charge is 2.36. The van der Waals surface area contributed by atoms with Gasteiger partial charge in [-0.2, -0.15) is 0 Å². The summed E-state index contributed by atoms with van der Waals surface area (Å²) in [4.78, 5) is 55.7. The molecule has 40 heavy (non-hydrogen) atoms. The van der Waals surface area contributed by atoms with Crippen molar-refractivity contribution >= 4 is 45.3 Å². The quantitative estimate of drug-likeness (QED) is 0.338. The van der Waals surface area contributed by atoms with E-state index in [9.17, 15) is 24.3 Å². The van der Waals surface area contributed by atoms with Gasteiger partial charge >= 0.3 is 11.9 Å². The van der Waals surface area contributed by atoms with Crippen LogP contribution in [0.1, 0.15) is 42.4 Å². The molecule has 4 atom stereocenters.